The Labute approximate surface area is 231 Å². The first-order chi connectivity index (χ1) is 14.7. The third-order valence-electron chi connectivity index (χ3n) is 6.47. The normalized spacial score (nSPS) is 13.2. The number of allylic oxidation sites excluding steroid dienone is 4. The molecule has 0 aromatic heterocycles. The van der Waals surface area contributed by atoms with Gasteiger partial charge in [-0.2, -0.15) is 6.08 Å². The number of hydrogen-bond donors (Lipinski definition) is 0. The summed E-state index contributed by atoms with van der Waals surface area (Å²) in [5.74, 6) is 0. The first-order valence-corrected chi connectivity index (χ1v) is 14.5. The van der Waals surface area contributed by atoms with Crippen LogP contribution in [-0.2, 0) is 34.3 Å². The van der Waals surface area contributed by atoms with E-state index in [1.54, 1.807) is 21.3 Å². The maximum absolute atomic E-state index is 5.79. The summed E-state index contributed by atoms with van der Waals surface area (Å²) in [6.07, 6.45) is 30.6. The van der Waals surface area contributed by atoms with Gasteiger partial charge in [0.25, 0.3) is 0 Å². The largest absolute Gasteiger partial charge is 4.00 e. The summed E-state index contributed by atoms with van der Waals surface area (Å²) in [4.78, 5) is 0. The first kappa shape index (κ1) is 41.4. The van der Waals surface area contributed by atoms with Crippen LogP contribution in [-0.4, -0.2) is 30.1 Å². The first-order valence-electron chi connectivity index (χ1n) is 12.7. The van der Waals surface area contributed by atoms with E-state index >= 15 is 0 Å². The zero-order chi connectivity index (χ0) is 21.9. The molecule has 0 bridgehead atoms. The molecule has 0 aliphatic heterocycles. The quantitative estimate of drug-likeness (QED) is 0.0688. The van der Waals surface area contributed by atoms with Crippen LogP contribution < -0.4 is 0 Å². The van der Waals surface area contributed by atoms with Crippen molar-refractivity contribution in [2.45, 2.75) is 122 Å². The van der Waals surface area contributed by atoms with Crippen molar-refractivity contribution in [1.82, 2.24) is 0 Å². The SMILES string of the molecule is CCCCCCCCCCCCCCCCCC(C1=[C-]CC=C1)[Si](OC)(OC)OC.[CH3-].[CH3-].[CH3-].[Pt+4]. The smallest absolute Gasteiger partial charge is 0.377 e. The van der Waals surface area contributed by atoms with Crippen LogP contribution >= 0.6 is 0 Å². The molecule has 206 valence electrons. The third-order valence-corrected chi connectivity index (χ3v) is 9.63. The summed E-state index contributed by atoms with van der Waals surface area (Å²) in [5.41, 5.74) is 1.43. The monoisotopic (exact) mass is 677 g/mol. The fourth-order valence-corrected chi connectivity index (χ4v) is 7.07. The van der Waals surface area contributed by atoms with Gasteiger partial charge in [-0.15, -0.1) is 6.42 Å². The van der Waals surface area contributed by atoms with Crippen molar-refractivity contribution in [2.75, 3.05) is 21.3 Å². The van der Waals surface area contributed by atoms with Crippen LogP contribution in [0.25, 0.3) is 0 Å². The Morgan fingerprint density at radius 1 is 0.706 bits per heavy atom. The Balaban J connectivity index is -0.00000112. The summed E-state index contributed by atoms with van der Waals surface area (Å²) in [6.45, 7) is 2.29. The number of unbranched alkanes of at least 4 members (excludes halogenated alkanes) is 14. The standard InChI is InChI=1S/C26H49O3Si.3CH3.Pt/c1-5-6-7-8-9-10-11-12-13-14-15-16-17-18-19-24-26(25-22-20-21-23-25)30(27-2,28-3)29-4;;;;/h20,22,26H,5-19,21,24H2,1-4H3;3*1H3;/q4*-1;+4. The predicted octanol–water partition coefficient (Wildman–Crippen LogP) is 9.53. The Bertz CT molecular complexity index is 456. The summed E-state index contributed by atoms with van der Waals surface area (Å²) in [7, 11) is 2.49. The van der Waals surface area contributed by atoms with E-state index in [0.29, 0.717) is 0 Å². The van der Waals surface area contributed by atoms with E-state index in [0.717, 1.165) is 12.8 Å². The molecule has 1 aliphatic carbocycles. The molecule has 1 unspecified atom stereocenters. The van der Waals surface area contributed by atoms with Crippen LogP contribution in [0.1, 0.15) is 116 Å². The van der Waals surface area contributed by atoms with Crippen molar-refractivity contribution in [3.05, 3.63) is 46.1 Å². The molecular weight excluding hydrogens is 619 g/mol. The van der Waals surface area contributed by atoms with Gasteiger partial charge in [0, 0.05) is 26.9 Å². The maximum atomic E-state index is 5.79. The Morgan fingerprint density at radius 2 is 1.09 bits per heavy atom. The van der Waals surface area contributed by atoms with Crippen molar-refractivity contribution in [2.24, 2.45) is 0 Å². The second-order valence-electron chi connectivity index (χ2n) is 8.75. The van der Waals surface area contributed by atoms with Gasteiger partial charge >= 0.3 is 29.9 Å². The molecule has 0 saturated carbocycles. The van der Waals surface area contributed by atoms with Gasteiger partial charge in [0.15, 0.2) is 0 Å². The summed E-state index contributed by atoms with van der Waals surface area (Å²) in [5, 5.41) is 0. The fraction of sp³-hybridized carbons (Fsp3) is 0.759. The Hall–Kier alpha value is 0.265. The van der Waals surface area contributed by atoms with Crippen LogP contribution in [0.4, 0.5) is 0 Å². The zero-order valence-electron chi connectivity index (χ0n) is 23.8. The van der Waals surface area contributed by atoms with Gasteiger partial charge in [0.05, 0.1) is 0 Å². The summed E-state index contributed by atoms with van der Waals surface area (Å²) in [6, 6.07) is 0. The van der Waals surface area contributed by atoms with Gasteiger partial charge in [0.2, 0.25) is 0 Å². The number of hydrogen-bond acceptors (Lipinski definition) is 3. The minimum absolute atomic E-state index is 0. The minimum Gasteiger partial charge on any atom is -0.377 e. The van der Waals surface area contributed by atoms with Crippen molar-refractivity contribution in [1.29, 1.82) is 0 Å². The average molecular weight is 678 g/mol. The van der Waals surface area contributed by atoms with Crippen LogP contribution in [0, 0.1) is 28.4 Å². The summed E-state index contributed by atoms with van der Waals surface area (Å²) >= 11 is 0. The van der Waals surface area contributed by atoms with Crippen LogP contribution in [0.2, 0.25) is 5.54 Å². The van der Waals surface area contributed by atoms with Gasteiger partial charge in [-0.25, -0.2) is 11.6 Å². The van der Waals surface area contributed by atoms with E-state index in [1.165, 1.54) is 102 Å². The van der Waals surface area contributed by atoms with Gasteiger partial charge in [0.1, 0.15) is 0 Å². The predicted molar refractivity (Wildman–Crippen MR) is 150 cm³/mol. The maximum Gasteiger partial charge on any atom is 4.00 e. The second kappa shape index (κ2) is 27.8. The molecule has 0 radical (unpaired) electrons. The molecule has 5 heteroatoms. The molecule has 1 atom stereocenters. The van der Waals surface area contributed by atoms with Crippen LogP contribution in [0.15, 0.2) is 17.7 Å². The molecule has 0 aromatic rings. The third kappa shape index (κ3) is 16.8. The van der Waals surface area contributed by atoms with Crippen molar-refractivity contribution < 1.29 is 34.3 Å². The molecule has 0 fully saturated rings. The molecule has 0 heterocycles. The van der Waals surface area contributed by atoms with Crippen molar-refractivity contribution >= 4 is 8.80 Å². The van der Waals surface area contributed by atoms with Crippen molar-refractivity contribution in [3.8, 4) is 0 Å². The topological polar surface area (TPSA) is 27.7 Å². The Kier molecular flexibility index (Phi) is 33.9. The van der Waals surface area contributed by atoms with E-state index in [9.17, 15) is 0 Å². The van der Waals surface area contributed by atoms with Crippen LogP contribution in [0.5, 0.6) is 0 Å². The number of rotatable bonds is 21. The zero-order valence-corrected chi connectivity index (χ0v) is 27.1. The van der Waals surface area contributed by atoms with Crippen LogP contribution in [0.3, 0.4) is 0 Å². The van der Waals surface area contributed by atoms with E-state index in [2.05, 4.69) is 25.2 Å². The molecule has 0 spiro atoms. The van der Waals surface area contributed by atoms with Crippen molar-refractivity contribution in [3.63, 3.8) is 0 Å². The molecule has 0 N–H and O–H groups in total. The molecule has 3 nitrogen and oxygen atoms in total. The van der Waals surface area contributed by atoms with Gasteiger partial charge in [-0.1, -0.05) is 103 Å². The van der Waals surface area contributed by atoms with E-state index in [4.69, 9.17) is 13.3 Å². The van der Waals surface area contributed by atoms with E-state index in [1.807, 2.05) is 0 Å². The molecule has 1 aliphatic rings. The van der Waals surface area contributed by atoms with Gasteiger partial charge in [-0.3, -0.25) is 6.08 Å². The Morgan fingerprint density at radius 3 is 1.41 bits per heavy atom. The molecule has 0 saturated heterocycles. The second-order valence-corrected chi connectivity index (χ2v) is 11.9. The van der Waals surface area contributed by atoms with Gasteiger partial charge < -0.3 is 35.6 Å². The fourth-order valence-electron chi connectivity index (χ4n) is 4.58. The molecular formula is C29H58O3PtSi. The van der Waals surface area contributed by atoms with E-state index in [-0.39, 0.29) is 48.9 Å². The minimum atomic E-state index is -2.67. The molecule has 0 amide bonds. The average Bonchev–Trinajstić information content (AvgIpc) is 3.30. The van der Waals surface area contributed by atoms with Gasteiger partial charge in [-0.05, 0) is 6.42 Å². The van der Waals surface area contributed by atoms with E-state index < -0.39 is 8.80 Å². The molecule has 1 rings (SSSR count). The summed E-state index contributed by atoms with van der Waals surface area (Å²) < 4.78 is 17.4. The molecule has 34 heavy (non-hydrogen) atoms. The molecule has 0 aromatic carbocycles.